The predicted octanol–water partition coefficient (Wildman–Crippen LogP) is 0.612. The standard InChI is InChI=1S/C10H11N3O4S/c1-18(16,17)13-5-3-8-7(6-12-10(14)15)2-4-11-9(8)13/h2-5,12H,6H2,1H3,(H,14,15). The second kappa shape index (κ2) is 4.30. The molecule has 7 nitrogen and oxygen atoms in total. The number of nitrogens with one attached hydrogen (secondary N) is 1. The van der Waals surface area contributed by atoms with Crippen LogP contribution in [0.25, 0.3) is 11.0 Å². The summed E-state index contributed by atoms with van der Waals surface area (Å²) in [5.74, 6) is 0. The molecule has 18 heavy (non-hydrogen) atoms. The van der Waals surface area contributed by atoms with Gasteiger partial charge in [0.1, 0.15) is 0 Å². The molecular formula is C10H11N3O4S. The summed E-state index contributed by atoms with van der Waals surface area (Å²) < 4.78 is 24.1. The smallest absolute Gasteiger partial charge is 0.404 e. The molecule has 0 saturated heterocycles. The van der Waals surface area contributed by atoms with Gasteiger partial charge in [0.2, 0.25) is 10.0 Å². The Hall–Kier alpha value is -2.09. The Labute approximate surface area is 103 Å². The molecule has 2 rings (SSSR count). The van der Waals surface area contributed by atoms with Gasteiger partial charge in [-0.05, 0) is 17.7 Å². The fourth-order valence-electron chi connectivity index (χ4n) is 1.66. The molecule has 2 N–H and O–H groups in total. The monoisotopic (exact) mass is 269 g/mol. The molecule has 1 amide bonds. The summed E-state index contributed by atoms with van der Waals surface area (Å²) in [4.78, 5) is 14.4. The van der Waals surface area contributed by atoms with Crippen LogP contribution in [0, 0.1) is 0 Å². The summed E-state index contributed by atoms with van der Waals surface area (Å²) in [5.41, 5.74) is 0.965. The molecule has 2 aromatic heterocycles. The number of carboxylic acid groups (broad SMARTS) is 1. The van der Waals surface area contributed by atoms with Gasteiger partial charge in [0.15, 0.2) is 5.65 Å². The molecule has 0 aliphatic carbocycles. The van der Waals surface area contributed by atoms with Crippen LogP contribution in [-0.2, 0) is 16.6 Å². The summed E-state index contributed by atoms with van der Waals surface area (Å²) in [5, 5.41) is 11.4. The third-order valence-electron chi connectivity index (χ3n) is 2.43. The fraction of sp³-hybridized carbons (Fsp3) is 0.200. The van der Waals surface area contributed by atoms with Crippen LogP contribution in [-0.4, -0.2) is 34.8 Å². The second-order valence-electron chi connectivity index (χ2n) is 3.74. The third kappa shape index (κ3) is 2.28. The molecule has 0 saturated carbocycles. The first kappa shape index (κ1) is 12.4. The predicted molar refractivity (Wildman–Crippen MR) is 64.8 cm³/mol. The molecule has 0 bridgehead atoms. The van der Waals surface area contributed by atoms with Crippen molar-refractivity contribution in [3.05, 3.63) is 30.1 Å². The molecule has 0 spiro atoms. The minimum atomic E-state index is -3.42. The van der Waals surface area contributed by atoms with Crippen molar-refractivity contribution in [1.82, 2.24) is 14.3 Å². The van der Waals surface area contributed by atoms with Crippen molar-refractivity contribution in [2.75, 3.05) is 6.26 Å². The molecule has 2 heterocycles. The summed E-state index contributed by atoms with van der Waals surface area (Å²) >= 11 is 0. The zero-order chi connectivity index (χ0) is 13.3. The highest BCUT2D eigenvalue weighted by atomic mass is 32.2. The van der Waals surface area contributed by atoms with Gasteiger partial charge in [0.25, 0.3) is 0 Å². The maximum atomic E-state index is 11.5. The van der Waals surface area contributed by atoms with E-state index in [2.05, 4.69) is 10.3 Å². The number of hydrogen-bond donors (Lipinski definition) is 2. The first-order valence-electron chi connectivity index (χ1n) is 5.02. The normalized spacial score (nSPS) is 11.6. The lowest BCUT2D eigenvalue weighted by molar-refractivity contribution is 0.194. The van der Waals surface area contributed by atoms with Gasteiger partial charge in [-0.25, -0.2) is 22.2 Å². The minimum absolute atomic E-state index is 0.0993. The van der Waals surface area contributed by atoms with E-state index >= 15 is 0 Å². The van der Waals surface area contributed by atoms with E-state index in [1.807, 2.05) is 0 Å². The van der Waals surface area contributed by atoms with Gasteiger partial charge in [-0.2, -0.15) is 0 Å². The molecule has 0 atom stereocenters. The van der Waals surface area contributed by atoms with E-state index in [1.54, 1.807) is 12.1 Å². The van der Waals surface area contributed by atoms with Crippen LogP contribution >= 0.6 is 0 Å². The summed E-state index contributed by atoms with van der Waals surface area (Å²) in [6.45, 7) is 0.0993. The van der Waals surface area contributed by atoms with E-state index in [0.29, 0.717) is 16.6 Å². The van der Waals surface area contributed by atoms with Gasteiger partial charge < -0.3 is 10.4 Å². The maximum Gasteiger partial charge on any atom is 0.404 e. The fourth-order valence-corrected chi connectivity index (χ4v) is 2.40. The van der Waals surface area contributed by atoms with Crippen LogP contribution in [0.2, 0.25) is 0 Å². The first-order valence-corrected chi connectivity index (χ1v) is 6.86. The van der Waals surface area contributed by atoms with Crippen LogP contribution in [0.1, 0.15) is 5.56 Å². The Morgan fingerprint density at radius 3 is 2.83 bits per heavy atom. The molecule has 0 radical (unpaired) electrons. The number of hydrogen-bond acceptors (Lipinski definition) is 4. The number of amides is 1. The van der Waals surface area contributed by atoms with Gasteiger partial charge in [-0.3, -0.25) is 0 Å². The lowest BCUT2D eigenvalue weighted by Crippen LogP contribution is -2.20. The van der Waals surface area contributed by atoms with Crippen molar-refractivity contribution < 1.29 is 18.3 Å². The summed E-state index contributed by atoms with van der Waals surface area (Å²) in [7, 11) is -3.42. The van der Waals surface area contributed by atoms with E-state index < -0.39 is 16.1 Å². The summed E-state index contributed by atoms with van der Waals surface area (Å²) in [6, 6.07) is 3.24. The molecule has 0 aromatic carbocycles. The van der Waals surface area contributed by atoms with Crippen molar-refractivity contribution in [2.24, 2.45) is 0 Å². The molecule has 2 aromatic rings. The lowest BCUT2D eigenvalue weighted by atomic mass is 10.2. The Kier molecular flexibility index (Phi) is 2.95. The van der Waals surface area contributed by atoms with Crippen molar-refractivity contribution in [2.45, 2.75) is 6.54 Å². The highest BCUT2D eigenvalue weighted by molar-refractivity contribution is 7.89. The van der Waals surface area contributed by atoms with Crippen molar-refractivity contribution in [3.63, 3.8) is 0 Å². The van der Waals surface area contributed by atoms with E-state index in [0.717, 1.165) is 10.2 Å². The van der Waals surface area contributed by atoms with E-state index in [1.165, 1.54) is 12.4 Å². The lowest BCUT2D eigenvalue weighted by Gasteiger charge is -2.04. The number of carbonyl (C=O) groups is 1. The quantitative estimate of drug-likeness (QED) is 0.850. The zero-order valence-corrected chi connectivity index (χ0v) is 10.3. The molecule has 0 fully saturated rings. The Morgan fingerprint density at radius 1 is 1.50 bits per heavy atom. The van der Waals surface area contributed by atoms with Crippen molar-refractivity contribution >= 4 is 27.1 Å². The average molecular weight is 269 g/mol. The summed E-state index contributed by atoms with van der Waals surface area (Å²) in [6.07, 6.45) is 2.79. The average Bonchev–Trinajstić information content (AvgIpc) is 2.69. The van der Waals surface area contributed by atoms with Crippen LogP contribution in [0.4, 0.5) is 4.79 Å². The van der Waals surface area contributed by atoms with E-state index in [4.69, 9.17) is 5.11 Å². The number of fused-ring (bicyclic) bond motifs is 1. The van der Waals surface area contributed by atoms with Gasteiger partial charge in [0.05, 0.1) is 6.26 Å². The SMILES string of the molecule is CS(=O)(=O)n1ccc2c(CNC(=O)O)ccnc21. The largest absolute Gasteiger partial charge is 0.465 e. The third-order valence-corrected chi connectivity index (χ3v) is 3.44. The van der Waals surface area contributed by atoms with Crippen LogP contribution in [0.5, 0.6) is 0 Å². The maximum absolute atomic E-state index is 11.5. The minimum Gasteiger partial charge on any atom is -0.465 e. The Balaban J connectivity index is 2.52. The van der Waals surface area contributed by atoms with Gasteiger partial charge >= 0.3 is 6.09 Å². The number of nitrogens with zero attached hydrogens (tertiary/aromatic N) is 2. The Bertz CT molecular complexity index is 705. The van der Waals surface area contributed by atoms with Gasteiger partial charge in [-0.1, -0.05) is 0 Å². The molecule has 8 heteroatoms. The number of pyridine rings is 1. The zero-order valence-electron chi connectivity index (χ0n) is 9.49. The van der Waals surface area contributed by atoms with Crippen molar-refractivity contribution in [1.29, 1.82) is 0 Å². The van der Waals surface area contributed by atoms with Crippen molar-refractivity contribution in [3.8, 4) is 0 Å². The van der Waals surface area contributed by atoms with Crippen LogP contribution < -0.4 is 5.32 Å². The highest BCUT2D eigenvalue weighted by Crippen LogP contribution is 2.19. The first-order chi connectivity index (χ1) is 8.39. The van der Waals surface area contributed by atoms with E-state index in [-0.39, 0.29) is 6.54 Å². The molecule has 0 aliphatic rings. The number of rotatable bonds is 3. The van der Waals surface area contributed by atoms with Crippen LogP contribution in [0.15, 0.2) is 24.5 Å². The van der Waals surface area contributed by atoms with Gasteiger partial charge in [-0.15, -0.1) is 0 Å². The van der Waals surface area contributed by atoms with E-state index in [9.17, 15) is 13.2 Å². The van der Waals surface area contributed by atoms with Gasteiger partial charge in [0, 0.05) is 24.3 Å². The topological polar surface area (TPSA) is 101 Å². The molecular weight excluding hydrogens is 258 g/mol. The molecule has 96 valence electrons. The Morgan fingerprint density at radius 2 is 2.22 bits per heavy atom. The molecule has 0 unspecified atom stereocenters. The highest BCUT2D eigenvalue weighted by Gasteiger charge is 2.13. The second-order valence-corrected chi connectivity index (χ2v) is 5.60. The molecule has 0 aliphatic heterocycles. The number of aromatic nitrogens is 2. The van der Waals surface area contributed by atoms with Crippen LogP contribution in [0.3, 0.4) is 0 Å².